The molecule has 0 amide bonds. The molecule has 0 radical (unpaired) electrons. The van der Waals surface area contributed by atoms with Crippen LogP contribution in [0.1, 0.15) is 38.8 Å². The molecule has 6 aromatic rings. The van der Waals surface area contributed by atoms with Crippen LogP contribution in [0.4, 0.5) is 58.4 Å². The third-order valence-corrected chi connectivity index (χ3v) is 11.9. The molecule has 0 saturated carbocycles. The molecule has 0 unspecified atom stereocenters. The van der Waals surface area contributed by atoms with Crippen molar-refractivity contribution in [1.82, 2.24) is 29.9 Å². The van der Waals surface area contributed by atoms with Crippen molar-refractivity contribution >= 4 is 111 Å². The SMILES string of the molecule is CC(C)(O)Nc1nc(Nc2ccc(S(=O)(=O)[O-])cc2)nc(Nc2ccc(C=Cc3ccc(Nc4nc(Nc5ccc(S(=O)(=O)[O-])cc5)nc(NC(C)(C)O)n4)cc3S(=O)(=O)[O-])c(S(=O)(=O)[O-])c2)n1.[Na+].[Na+].[Na+].[Na+]. The minimum Gasteiger partial charge on any atom is -0.744 e. The molecule has 0 saturated heterocycles. The molecule has 0 spiro atoms. The molecule has 34 heteroatoms. The summed E-state index contributed by atoms with van der Waals surface area (Å²) in [5, 5.41) is 36.9. The van der Waals surface area contributed by atoms with Crippen molar-refractivity contribution in [1.29, 1.82) is 0 Å². The minimum atomic E-state index is -5.26. The van der Waals surface area contributed by atoms with Gasteiger partial charge >= 0.3 is 118 Å². The molecular formula is C38H36N12Na4O14S4. The Morgan fingerprint density at radius 3 is 0.903 bits per heavy atom. The third-order valence-electron chi connectivity index (χ3n) is 8.43. The van der Waals surface area contributed by atoms with Gasteiger partial charge in [0.2, 0.25) is 35.7 Å². The molecule has 4 aromatic carbocycles. The molecule has 0 fully saturated rings. The molecule has 0 aliphatic rings. The predicted molar refractivity (Wildman–Crippen MR) is 239 cm³/mol. The summed E-state index contributed by atoms with van der Waals surface area (Å²) >= 11 is 0. The van der Waals surface area contributed by atoms with Crippen LogP contribution in [-0.2, 0) is 40.5 Å². The Morgan fingerprint density at radius 1 is 0.403 bits per heavy atom. The molecular weight excluding hydrogens is 1070 g/mol. The Hall–Kier alpha value is -3.00. The molecule has 360 valence electrons. The Kier molecular flexibility index (Phi) is 23.2. The molecule has 2 aromatic heterocycles. The molecule has 72 heavy (non-hydrogen) atoms. The van der Waals surface area contributed by atoms with Gasteiger partial charge in [0.05, 0.1) is 19.6 Å². The van der Waals surface area contributed by atoms with Crippen molar-refractivity contribution < 1.29 is 180 Å². The number of aromatic nitrogens is 6. The Morgan fingerprint density at radius 2 is 0.653 bits per heavy atom. The topological polar surface area (TPSA) is 419 Å². The molecule has 2 heterocycles. The van der Waals surface area contributed by atoms with Gasteiger partial charge in [0.15, 0.2) is 0 Å². The van der Waals surface area contributed by atoms with Gasteiger partial charge in [-0.1, -0.05) is 24.3 Å². The molecule has 6 rings (SSSR count). The zero-order chi connectivity index (χ0) is 50.0. The quantitative estimate of drug-likeness (QED) is 0.0171. The summed E-state index contributed by atoms with van der Waals surface area (Å²) in [5.74, 6) is -1.29. The first-order valence-corrected chi connectivity index (χ1v) is 24.6. The maximum absolute atomic E-state index is 12.6. The summed E-state index contributed by atoms with van der Waals surface area (Å²) in [4.78, 5) is 22.4. The summed E-state index contributed by atoms with van der Waals surface area (Å²) < 4.78 is 143. The normalized spacial score (nSPS) is 12.0. The number of nitrogens with zero attached hydrogens (tertiary/aromatic N) is 6. The number of anilines is 10. The van der Waals surface area contributed by atoms with Gasteiger partial charge in [0.1, 0.15) is 51.9 Å². The van der Waals surface area contributed by atoms with Crippen molar-refractivity contribution in [3.05, 3.63) is 96.1 Å². The smallest absolute Gasteiger partial charge is 0.744 e. The number of nitrogens with one attached hydrogen (secondary N) is 6. The first kappa shape index (κ1) is 65.1. The van der Waals surface area contributed by atoms with E-state index in [1.165, 1.54) is 76.2 Å². The van der Waals surface area contributed by atoms with Crippen LogP contribution in [0.25, 0.3) is 12.2 Å². The number of hydrogen-bond acceptors (Lipinski definition) is 26. The van der Waals surface area contributed by atoms with Gasteiger partial charge in [0.25, 0.3) is 0 Å². The van der Waals surface area contributed by atoms with Crippen LogP contribution in [0.5, 0.6) is 0 Å². The van der Waals surface area contributed by atoms with Crippen LogP contribution >= 0.6 is 0 Å². The number of aliphatic hydroxyl groups is 2. The molecule has 8 N–H and O–H groups in total. The summed E-state index contributed by atoms with van der Waals surface area (Å²) in [6, 6.07) is 16.0. The van der Waals surface area contributed by atoms with Crippen LogP contribution in [0.3, 0.4) is 0 Å². The second-order valence-electron chi connectivity index (χ2n) is 15.2. The van der Waals surface area contributed by atoms with E-state index in [9.17, 15) is 62.1 Å². The standard InChI is InChI=1S/C38H40N12O14S4.4Na/c1-37(2,51)49-35-45-31(39-23-11-15-27(16-12-23)65(53,54)55)43-33(47-35)41-25-9-7-21(29(19-25)67(59,60)61)5-6-22-8-10-26(20-30(22)68(62,63)64)42-34-44-32(46-36(48-34)50-38(3,4)52)40-24-13-17-28(18-14-24)66(56,57)58;;;;/h5-20,51-52H,1-4H3,(H,53,54,55)(H,56,57,58)(H,59,60,61)(H,62,63,64)(H3,39,41,43,45,47,49)(H3,40,42,44,46,48,50);;;;/q;4*+1/p-4. The zero-order valence-corrected chi connectivity index (χ0v) is 50.6. The average molecular weight is 1110 g/mol. The van der Waals surface area contributed by atoms with E-state index in [1.807, 2.05) is 0 Å². The largest absolute Gasteiger partial charge is 1.00 e. The van der Waals surface area contributed by atoms with E-state index in [0.717, 1.165) is 48.6 Å². The second-order valence-corrected chi connectivity index (χ2v) is 20.6. The summed E-state index contributed by atoms with van der Waals surface area (Å²) in [6.07, 6.45) is 2.14. The van der Waals surface area contributed by atoms with Gasteiger partial charge in [-0.3, -0.25) is 0 Å². The minimum absolute atomic E-state index is 0. The van der Waals surface area contributed by atoms with E-state index in [1.54, 1.807) is 0 Å². The van der Waals surface area contributed by atoms with Crippen LogP contribution in [0.2, 0.25) is 0 Å². The van der Waals surface area contributed by atoms with Gasteiger partial charge in [-0.25, -0.2) is 33.7 Å². The van der Waals surface area contributed by atoms with Crippen LogP contribution in [0, 0.1) is 0 Å². The molecule has 0 bridgehead atoms. The maximum atomic E-state index is 12.6. The van der Waals surface area contributed by atoms with Crippen LogP contribution < -0.4 is 150 Å². The first-order chi connectivity index (χ1) is 31.4. The zero-order valence-electron chi connectivity index (χ0n) is 39.3. The molecule has 0 atom stereocenters. The monoisotopic (exact) mass is 1100 g/mol. The van der Waals surface area contributed by atoms with E-state index in [0.29, 0.717) is 0 Å². The Bertz CT molecular complexity index is 3170. The molecule has 0 aliphatic heterocycles. The first-order valence-electron chi connectivity index (χ1n) is 19.0. The second kappa shape index (κ2) is 25.7. The van der Waals surface area contributed by atoms with E-state index in [4.69, 9.17) is 0 Å². The number of hydrogen-bond donors (Lipinski definition) is 8. The molecule has 26 nitrogen and oxygen atoms in total. The van der Waals surface area contributed by atoms with Crippen molar-refractivity contribution in [3.63, 3.8) is 0 Å². The van der Waals surface area contributed by atoms with Gasteiger partial charge in [0, 0.05) is 22.7 Å². The van der Waals surface area contributed by atoms with Gasteiger partial charge in [-0.2, -0.15) is 29.9 Å². The number of benzene rings is 4. The summed E-state index contributed by atoms with van der Waals surface area (Å²) in [6.45, 7) is 5.50. The van der Waals surface area contributed by atoms with Crippen LogP contribution in [0.15, 0.2) is 105 Å². The maximum Gasteiger partial charge on any atom is 1.00 e. The fourth-order valence-corrected chi connectivity index (χ4v) is 8.00. The average Bonchev–Trinajstić information content (AvgIpc) is 3.18. The fourth-order valence-electron chi connectivity index (χ4n) is 5.67. The Balaban J connectivity index is 0.00000444. The van der Waals surface area contributed by atoms with Gasteiger partial charge < -0.3 is 60.3 Å². The summed E-state index contributed by atoms with van der Waals surface area (Å²) in [5.41, 5.74) is -3.28. The third kappa shape index (κ3) is 19.6. The summed E-state index contributed by atoms with van der Waals surface area (Å²) in [7, 11) is -20.0. The van der Waals surface area contributed by atoms with Crippen molar-refractivity contribution in [3.8, 4) is 0 Å². The van der Waals surface area contributed by atoms with Crippen molar-refractivity contribution in [2.75, 3.05) is 31.9 Å². The fraction of sp³-hybridized carbons (Fsp3) is 0.158. The van der Waals surface area contributed by atoms with E-state index in [2.05, 4.69) is 61.8 Å². The van der Waals surface area contributed by atoms with E-state index < -0.39 is 71.5 Å². The number of rotatable bonds is 18. The Labute approximate surface area is 501 Å². The van der Waals surface area contributed by atoms with Gasteiger partial charge in [-0.05, 0) is 112 Å². The van der Waals surface area contributed by atoms with Gasteiger partial charge in [-0.15, -0.1) is 0 Å². The molecule has 0 aliphatic carbocycles. The van der Waals surface area contributed by atoms with Crippen molar-refractivity contribution in [2.24, 2.45) is 0 Å². The van der Waals surface area contributed by atoms with E-state index >= 15 is 0 Å². The predicted octanol–water partition coefficient (Wildman–Crippen LogP) is -8.89. The van der Waals surface area contributed by atoms with E-state index in [-0.39, 0.29) is 188 Å². The van der Waals surface area contributed by atoms with Crippen molar-refractivity contribution in [2.45, 2.75) is 58.7 Å². The van der Waals surface area contributed by atoms with Crippen LogP contribution in [-0.4, -0.2) is 103 Å².